The third-order valence-electron chi connectivity index (χ3n) is 3.53. The monoisotopic (exact) mass is 343 g/mol. The van der Waals surface area contributed by atoms with E-state index in [4.69, 9.17) is 4.74 Å². The molecule has 130 valence electrons. The predicted octanol–water partition coefficient (Wildman–Crippen LogP) is 0.763. The molecule has 0 aromatic carbocycles. The Balaban J connectivity index is 1.75. The average molecular weight is 343 g/mol. The molecule has 23 heavy (non-hydrogen) atoms. The molecule has 0 saturated carbocycles. The number of nitrogens with zero attached hydrogens (tertiary/aromatic N) is 3. The van der Waals surface area contributed by atoms with Crippen LogP contribution in [-0.4, -0.2) is 68.7 Å². The molecule has 9 heteroatoms. The highest BCUT2D eigenvalue weighted by Crippen LogP contribution is 2.09. The number of nitrogens with one attached hydrogen (secondary N) is 2. The van der Waals surface area contributed by atoms with Gasteiger partial charge < -0.3 is 10.1 Å². The van der Waals surface area contributed by atoms with Crippen LogP contribution in [0.5, 0.6) is 0 Å². The lowest BCUT2D eigenvalue weighted by Gasteiger charge is -2.26. The highest BCUT2D eigenvalue weighted by Gasteiger charge is 2.11. The van der Waals surface area contributed by atoms with Crippen molar-refractivity contribution < 1.29 is 13.2 Å². The number of hydrogen-bond acceptors (Lipinski definition) is 7. The maximum atomic E-state index is 11.8. The Hall–Kier alpha value is -1.45. The molecule has 0 spiro atoms. The molecule has 1 aliphatic heterocycles. The molecule has 1 aromatic rings. The van der Waals surface area contributed by atoms with E-state index in [1.165, 1.54) is 0 Å². The van der Waals surface area contributed by atoms with Crippen LogP contribution in [-0.2, 0) is 14.8 Å². The maximum absolute atomic E-state index is 11.8. The van der Waals surface area contributed by atoms with Crippen LogP contribution in [0.1, 0.15) is 19.8 Å². The topological polar surface area (TPSA) is 96.5 Å². The minimum absolute atomic E-state index is 0.102. The van der Waals surface area contributed by atoms with Gasteiger partial charge in [-0.05, 0) is 18.6 Å². The van der Waals surface area contributed by atoms with E-state index in [2.05, 4.69) is 25.1 Å². The van der Waals surface area contributed by atoms with Crippen molar-refractivity contribution in [2.75, 3.05) is 55.2 Å². The largest absolute Gasteiger partial charge is 0.379 e. The van der Waals surface area contributed by atoms with Crippen molar-refractivity contribution >= 4 is 21.7 Å². The third-order valence-corrected chi connectivity index (χ3v) is 4.88. The number of hydrogen-bond donors (Lipinski definition) is 2. The van der Waals surface area contributed by atoms with Gasteiger partial charge in [-0.25, -0.2) is 8.42 Å². The molecule has 0 bridgehead atoms. The number of sulfonamides is 1. The molecule has 1 saturated heterocycles. The van der Waals surface area contributed by atoms with Gasteiger partial charge in [-0.15, -0.1) is 10.2 Å². The van der Waals surface area contributed by atoms with Crippen LogP contribution < -0.4 is 10.0 Å². The summed E-state index contributed by atoms with van der Waals surface area (Å²) in [6.45, 7) is 7.09. The second-order valence-corrected chi connectivity index (χ2v) is 7.30. The zero-order chi connectivity index (χ0) is 16.5. The van der Waals surface area contributed by atoms with E-state index < -0.39 is 10.0 Å². The summed E-state index contributed by atoms with van der Waals surface area (Å²) in [4.78, 5) is 2.32. The molecule has 2 rings (SSSR count). The SMILES string of the molecule is CCCCS(=O)(=O)Nc1ccc(NCCN2CCOCC2)nn1. The molecule has 0 unspecified atom stereocenters. The molecular formula is C14H25N5O3S. The predicted molar refractivity (Wildman–Crippen MR) is 90.1 cm³/mol. The molecule has 1 aromatic heterocycles. The molecule has 8 nitrogen and oxygen atoms in total. The number of rotatable bonds is 9. The summed E-state index contributed by atoms with van der Waals surface area (Å²) in [5.74, 6) is 0.986. The smallest absolute Gasteiger partial charge is 0.233 e. The Bertz CT molecular complexity index is 558. The van der Waals surface area contributed by atoms with Crippen molar-refractivity contribution in [3.05, 3.63) is 12.1 Å². The Morgan fingerprint density at radius 1 is 1.22 bits per heavy atom. The first-order valence-electron chi connectivity index (χ1n) is 7.97. The first kappa shape index (κ1) is 17.9. The van der Waals surface area contributed by atoms with Crippen molar-refractivity contribution in [3.63, 3.8) is 0 Å². The molecule has 1 fully saturated rings. The van der Waals surface area contributed by atoms with Crippen LogP contribution in [0.25, 0.3) is 0 Å². The number of anilines is 2. The van der Waals surface area contributed by atoms with Crippen LogP contribution in [0.15, 0.2) is 12.1 Å². The molecule has 0 aliphatic carbocycles. The van der Waals surface area contributed by atoms with E-state index in [1.54, 1.807) is 12.1 Å². The fourth-order valence-electron chi connectivity index (χ4n) is 2.19. The molecule has 0 radical (unpaired) electrons. The molecule has 0 amide bonds. The van der Waals surface area contributed by atoms with Crippen molar-refractivity contribution in [2.45, 2.75) is 19.8 Å². The summed E-state index contributed by atoms with van der Waals surface area (Å²) in [7, 11) is -3.33. The minimum atomic E-state index is -3.33. The van der Waals surface area contributed by atoms with Gasteiger partial charge >= 0.3 is 0 Å². The van der Waals surface area contributed by atoms with Gasteiger partial charge in [0.15, 0.2) is 5.82 Å². The summed E-state index contributed by atoms with van der Waals surface area (Å²) in [5.41, 5.74) is 0. The van der Waals surface area contributed by atoms with Gasteiger partial charge in [-0.2, -0.15) is 0 Å². The number of aromatic nitrogens is 2. The highest BCUT2D eigenvalue weighted by atomic mass is 32.2. The normalized spacial score (nSPS) is 16.2. The van der Waals surface area contributed by atoms with Crippen molar-refractivity contribution in [1.82, 2.24) is 15.1 Å². The number of unbranched alkanes of at least 4 members (excludes halogenated alkanes) is 1. The van der Waals surface area contributed by atoms with Gasteiger partial charge in [0.2, 0.25) is 10.0 Å². The van der Waals surface area contributed by atoms with Gasteiger partial charge in [0.1, 0.15) is 5.82 Å². The van der Waals surface area contributed by atoms with E-state index in [0.29, 0.717) is 12.2 Å². The standard InChI is InChI=1S/C14H25N5O3S/c1-2-3-12-23(20,21)18-14-5-4-13(16-17-14)15-6-7-19-8-10-22-11-9-19/h4-5H,2-3,6-12H2,1H3,(H,15,16)(H,17,18). The Morgan fingerprint density at radius 3 is 2.57 bits per heavy atom. The number of ether oxygens (including phenoxy) is 1. The van der Waals surface area contributed by atoms with E-state index in [1.807, 2.05) is 6.92 Å². The summed E-state index contributed by atoms with van der Waals surface area (Å²) in [6, 6.07) is 3.34. The van der Waals surface area contributed by atoms with E-state index in [-0.39, 0.29) is 11.6 Å². The lowest BCUT2D eigenvalue weighted by molar-refractivity contribution is 0.0398. The Kier molecular flexibility index (Phi) is 7.00. The summed E-state index contributed by atoms with van der Waals surface area (Å²) < 4.78 is 31.3. The average Bonchev–Trinajstić information content (AvgIpc) is 2.55. The zero-order valence-electron chi connectivity index (χ0n) is 13.5. The minimum Gasteiger partial charge on any atom is -0.379 e. The van der Waals surface area contributed by atoms with Gasteiger partial charge in [-0.1, -0.05) is 13.3 Å². The van der Waals surface area contributed by atoms with Crippen molar-refractivity contribution in [2.24, 2.45) is 0 Å². The molecule has 0 atom stereocenters. The van der Waals surface area contributed by atoms with E-state index >= 15 is 0 Å². The van der Waals surface area contributed by atoms with Gasteiger partial charge in [0.05, 0.1) is 19.0 Å². The third kappa shape index (κ3) is 6.67. The van der Waals surface area contributed by atoms with Gasteiger partial charge in [0.25, 0.3) is 0 Å². The molecule has 1 aliphatic rings. The molecule has 2 N–H and O–H groups in total. The lowest BCUT2D eigenvalue weighted by Crippen LogP contribution is -2.39. The summed E-state index contributed by atoms with van der Waals surface area (Å²) in [5, 5.41) is 11.1. The molecule has 2 heterocycles. The summed E-state index contributed by atoms with van der Waals surface area (Å²) >= 11 is 0. The Morgan fingerprint density at radius 2 is 1.91 bits per heavy atom. The van der Waals surface area contributed by atoms with Crippen LogP contribution in [0.2, 0.25) is 0 Å². The fourth-order valence-corrected chi connectivity index (χ4v) is 3.39. The second-order valence-electron chi connectivity index (χ2n) is 5.46. The quantitative estimate of drug-likeness (QED) is 0.683. The first-order chi connectivity index (χ1) is 11.1. The maximum Gasteiger partial charge on any atom is 0.233 e. The van der Waals surface area contributed by atoms with E-state index in [9.17, 15) is 8.42 Å². The van der Waals surface area contributed by atoms with Crippen LogP contribution >= 0.6 is 0 Å². The first-order valence-corrected chi connectivity index (χ1v) is 9.62. The lowest BCUT2D eigenvalue weighted by atomic mass is 10.4. The fraction of sp³-hybridized carbons (Fsp3) is 0.714. The zero-order valence-corrected chi connectivity index (χ0v) is 14.3. The van der Waals surface area contributed by atoms with Crippen molar-refractivity contribution in [1.29, 1.82) is 0 Å². The number of morpholine rings is 1. The summed E-state index contributed by atoms with van der Waals surface area (Å²) in [6.07, 6.45) is 1.46. The van der Waals surface area contributed by atoms with Crippen LogP contribution in [0, 0.1) is 0 Å². The highest BCUT2D eigenvalue weighted by molar-refractivity contribution is 7.92. The Labute approximate surface area is 137 Å². The van der Waals surface area contributed by atoms with E-state index in [0.717, 1.165) is 45.8 Å². The second kappa shape index (κ2) is 8.99. The van der Waals surface area contributed by atoms with Crippen LogP contribution in [0.3, 0.4) is 0 Å². The van der Waals surface area contributed by atoms with Gasteiger partial charge in [0, 0.05) is 26.2 Å². The van der Waals surface area contributed by atoms with Gasteiger partial charge in [-0.3, -0.25) is 9.62 Å². The molecular weight excluding hydrogens is 318 g/mol. The van der Waals surface area contributed by atoms with Crippen LogP contribution in [0.4, 0.5) is 11.6 Å². The van der Waals surface area contributed by atoms with Crippen molar-refractivity contribution in [3.8, 4) is 0 Å².